The van der Waals surface area contributed by atoms with Gasteiger partial charge in [0.15, 0.2) is 0 Å². The maximum Gasteiger partial charge on any atom is 0.315 e. The third kappa shape index (κ3) is 4.46. The number of amides is 2. The molecule has 0 bridgehead atoms. The normalized spacial score (nSPS) is 24.1. The van der Waals surface area contributed by atoms with E-state index < -0.39 is 18.2 Å². The molecule has 3 N–H and O–H groups in total. The van der Waals surface area contributed by atoms with Crippen LogP contribution in [-0.2, 0) is 4.79 Å². The Hall–Kier alpha value is -1.33. The summed E-state index contributed by atoms with van der Waals surface area (Å²) < 4.78 is 13.1. The number of hydrogen-bond acceptors (Lipinski definition) is 2. The molecule has 0 heterocycles. The first-order valence-electron chi connectivity index (χ1n) is 5.50. The number of hydrogen-bond donors (Lipinski definition) is 3. The van der Waals surface area contributed by atoms with Crippen molar-refractivity contribution >= 4 is 12.0 Å². The lowest BCUT2D eigenvalue weighted by Gasteiger charge is -2.15. The van der Waals surface area contributed by atoms with Crippen molar-refractivity contribution in [1.29, 1.82) is 0 Å². The predicted molar refractivity (Wildman–Crippen MR) is 55.9 cm³/mol. The summed E-state index contributed by atoms with van der Waals surface area (Å²) in [6, 6.07) is -0.806. The van der Waals surface area contributed by atoms with Gasteiger partial charge < -0.3 is 15.7 Å². The average molecular weight is 232 g/mol. The van der Waals surface area contributed by atoms with Gasteiger partial charge in [0, 0.05) is 13.0 Å². The van der Waals surface area contributed by atoms with Gasteiger partial charge in [-0.15, -0.1) is 0 Å². The van der Waals surface area contributed by atoms with E-state index in [-0.39, 0.29) is 12.5 Å². The molecule has 0 spiro atoms. The van der Waals surface area contributed by atoms with Crippen LogP contribution >= 0.6 is 0 Å². The van der Waals surface area contributed by atoms with Crippen molar-refractivity contribution in [3.8, 4) is 0 Å². The highest BCUT2D eigenvalue weighted by Gasteiger charge is 2.27. The maximum absolute atomic E-state index is 13.1. The van der Waals surface area contributed by atoms with Gasteiger partial charge in [-0.25, -0.2) is 9.18 Å². The molecule has 0 aromatic carbocycles. The predicted octanol–water partition coefficient (Wildman–Crippen LogP) is 1.04. The zero-order valence-corrected chi connectivity index (χ0v) is 9.04. The van der Waals surface area contributed by atoms with E-state index in [1.54, 1.807) is 0 Å². The fraction of sp³-hybridized carbons (Fsp3) is 0.800. The Morgan fingerprint density at radius 2 is 2.12 bits per heavy atom. The molecule has 0 aromatic heterocycles. The number of aliphatic carboxylic acids is 1. The lowest BCUT2D eigenvalue weighted by molar-refractivity contribution is -0.137. The number of urea groups is 1. The standard InChI is InChI=1S/C10H17FN2O3/c11-7-3-1-4-8(7)13-10(16)12-6-2-5-9(14)15/h7-8H,1-6H2,(H,14,15)(H2,12,13,16)/t7-,8+/m0/s1. The molecule has 2 amide bonds. The maximum atomic E-state index is 13.1. The molecule has 2 atom stereocenters. The largest absolute Gasteiger partial charge is 0.481 e. The zero-order valence-electron chi connectivity index (χ0n) is 9.04. The monoisotopic (exact) mass is 232 g/mol. The molecule has 1 aliphatic rings. The van der Waals surface area contributed by atoms with Crippen LogP contribution in [0.1, 0.15) is 32.1 Å². The molecule has 6 heteroatoms. The minimum absolute atomic E-state index is 0.0233. The van der Waals surface area contributed by atoms with Crippen LogP contribution in [0.2, 0.25) is 0 Å². The van der Waals surface area contributed by atoms with E-state index in [0.29, 0.717) is 25.8 Å². The lowest BCUT2D eigenvalue weighted by Crippen LogP contribution is -2.44. The van der Waals surface area contributed by atoms with Gasteiger partial charge in [0.25, 0.3) is 0 Å². The smallest absolute Gasteiger partial charge is 0.315 e. The van der Waals surface area contributed by atoms with E-state index in [2.05, 4.69) is 10.6 Å². The van der Waals surface area contributed by atoms with Gasteiger partial charge in [0.05, 0.1) is 6.04 Å². The highest BCUT2D eigenvalue weighted by molar-refractivity contribution is 5.74. The van der Waals surface area contributed by atoms with E-state index in [9.17, 15) is 14.0 Å². The molecule has 1 fully saturated rings. The van der Waals surface area contributed by atoms with Gasteiger partial charge in [-0.2, -0.15) is 0 Å². The summed E-state index contributed by atoms with van der Waals surface area (Å²) >= 11 is 0. The van der Waals surface area contributed by atoms with E-state index in [0.717, 1.165) is 6.42 Å². The summed E-state index contributed by atoms with van der Waals surface area (Å²) in [7, 11) is 0. The summed E-state index contributed by atoms with van der Waals surface area (Å²) in [4.78, 5) is 21.4. The minimum atomic E-state index is -0.954. The van der Waals surface area contributed by atoms with Crippen molar-refractivity contribution in [1.82, 2.24) is 10.6 Å². The number of carbonyl (C=O) groups is 2. The molecule has 0 aliphatic heterocycles. The van der Waals surface area contributed by atoms with Gasteiger partial charge in [-0.3, -0.25) is 4.79 Å². The summed E-state index contributed by atoms with van der Waals surface area (Å²) in [5, 5.41) is 13.4. The van der Waals surface area contributed by atoms with E-state index >= 15 is 0 Å². The summed E-state index contributed by atoms with van der Waals surface area (Å²) in [6.45, 7) is 0.293. The first-order chi connectivity index (χ1) is 7.59. The highest BCUT2D eigenvalue weighted by atomic mass is 19.1. The highest BCUT2D eigenvalue weighted by Crippen LogP contribution is 2.21. The van der Waals surface area contributed by atoms with Crippen molar-refractivity contribution in [2.75, 3.05) is 6.54 Å². The molecule has 0 aromatic rings. The number of nitrogens with one attached hydrogen (secondary N) is 2. The molecule has 0 unspecified atom stereocenters. The topological polar surface area (TPSA) is 78.4 Å². The van der Waals surface area contributed by atoms with Crippen LogP contribution < -0.4 is 10.6 Å². The lowest BCUT2D eigenvalue weighted by atomic mass is 10.2. The summed E-state index contributed by atoms with van der Waals surface area (Å²) in [5.41, 5.74) is 0. The molecular weight excluding hydrogens is 215 g/mol. The van der Waals surface area contributed by atoms with Crippen molar-refractivity contribution < 1.29 is 19.1 Å². The van der Waals surface area contributed by atoms with E-state index in [1.807, 2.05) is 0 Å². The van der Waals surface area contributed by atoms with E-state index in [1.165, 1.54) is 0 Å². The number of alkyl halides is 1. The number of halogens is 1. The van der Waals surface area contributed by atoms with Crippen LogP contribution in [0.3, 0.4) is 0 Å². The van der Waals surface area contributed by atoms with E-state index in [4.69, 9.17) is 5.11 Å². The summed E-state index contributed by atoms with van der Waals surface area (Å²) in [6.07, 6.45) is 1.42. The van der Waals surface area contributed by atoms with Gasteiger partial charge in [-0.05, 0) is 25.7 Å². The van der Waals surface area contributed by atoms with Gasteiger partial charge in [0.1, 0.15) is 6.17 Å². The molecule has 92 valence electrons. The Bertz CT molecular complexity index is 260. The molecule has 0 saturated heterocycles. The van der Waals surface area contributed by atoms with Crippen LogP contribution in [0, 0.1) is 0 Å². The Labute approximate surface area is 93.4 Å². The third-order valence-corrected chi connectivity index (χ3v) is 2.60. The molecule has 0 radical (unpaired) electrons. The average Bonchev–Trinajstić information content (AvgIpc) is 2.59. The molecule has 5 nitrogen and oxygen atoms in total. The molecule has 1 aliphatic carbocycles. The van der Waals surface area contributed by atoms with Gasteiger partial charge in [0.2, 0.25) is 0 Å². The zero-order chi connectivity index (χ0) is 12.0. The first kappa shape index (κ1) is 12.7. The van der Waals surface area contributed by atoms with Crippen LogP contribution in [0.5, 0.6) is 0 Å². The van der Waals surface area contributed by atoms with Crippen LogP contribution in [0.15, 0.2) is 0 Å². The molecular formula is C10H17FN2O3. The van der Waals surface area contributed by atoms with Crippen LogP contribution in [0.25, 0.3) is 0 Å². The van der Waals surface area contributed by atoms with Gasteiger partial charge >= 0.3 is 12.0 Å². The third-order valence-electron chi connectivity index (χ3n) is 2.60. The van der Waals surface area contributed by atoms with Crippen LogP contribution in [0.4, 0.5) is 9.18 Å². The van der Waals surface area contributed by atoms with Crippen molar-refractivity contribution in [3.05, 3.63) is 0 Å². The van der Waals surface area contributed by atoms with Crippen LogP contribution in [-0.4, -0.2) is 35.9 Å². The number of carbonyl (C=O) groups excluding carboxylic acids is 1. The number of carboxylic acid groups (broad SMARTS) is 1. The Balaban J connectivity index is 2.08. The first-order valence-corrected chi connectivity index (χ1v) is 5.50. The Morgan fingerprint density at radius 1 is 1.38 bits per heavy atom. The van der Waals surface area contributed by atoms with Crippen molar-refractivity contribution in [2.45, 2.75) is 44.3 Å². The Morgan fingerprint density at radius 3 is 2.69 bits per heavy atom. The Kier molecular flexibility index (Phi) is 5.01. The quantitative estimate of drug-likeness (QED) is 0.620. The van der Waals surface area contributed by atoms with Crippen molar-refractivity contribution in [3.63, 3.8) is 0 Å². The molecule has 16 heavy (non-hydrogen) atoms. The SMILES string of the molecule is O=C(O)CCCNC(=O)N[C@@H]1CCC[C@@H]1F. The minimum Gasteiger partial charge on any atom is -0.481 e. The van der Waals surface area contributed by atoms with Gasteiger partial charge in [-0.1, -0.05) is 0 Å². The van der Waals surface area contributed by atoms with Crippen molar-refractivity contribution in [2.24, 2.45) is 0 Å². The second-order valence-electron chi connectivity index (χ2n) is 3.95. The number of carboxylic acids is 1. The molecule has 1 saturated carbocycles. The molecule has 1 rings (SSSR count). The fourth-order valence-electron chi connectivity index (χ4n) is 1.74. The second kappa shape index (κ2) is 6.30. The summed E-state index contributed by atoms with van der Waals surface area (Å²) in [5.74, 6) is -0.887. The number of rotatable bonds is 5. The fourth-order valence-corrected chi connectivity index (χ4v) is 1.74. The second-order valence-corrected chi connectivity index (χ2v) is 3.95.